The minimum Gasteiger partial charge on any atom is -0.492 e. The zero-order valence-corrected chi connectivity index (χ0v) is 10.4. The van der Waals surface area contributed by atoms with Crippen LogP contribution in [-0.2, 0) is 4.74 Å². The van der Waals surface area contributed by atoms with Gasteiger partial charge in [-0.3, -0.25) is 0 Å². The summed E-state index contributed by atoms with van der Waals surface area (Å²) in [6.07, 6.45) is 1.17. The van der Waals surface area contributed by atoms with Crippen LogP contribution in [0.5, 0.6) is 5.75 Å². The van der Waals surface area contributed by atoms with Gasteiger partial charge in [-0.15, -0.1) is 0 Å². The number of hydrogen-bond donors (Lipinski definition) is 1. The van der Waals surface area contributed by atoms with Gasteiger partial charge in [0.25, 0.3) is 0 Å². The summed E-state index contributed by atoms with van der Waals surface area (Å²) < 4.78 is 11.0. The molecule has 1 aliphatic heterocycles. The van der Waals surface area contributed by atoms with Gasteiger partial charge in [0.2, 0.25) is 0 Å². The molecule has 1 N–H and O–H groups in total. The molecule has 1 aromatic carbocycles. The SMILES string of the molecule is CC(NCCOc1ccccc1)C1CCOC1. The highest BCUT2D eigenvalue weighted by molar-refractivity contribution is 5.20. The molecule has 1 fully saturated rings. The minimum absolute atomic E-state index is 0.511. The van der Waals surface area contributed by atoms with Crippen LogP contribution in [0.1, 0.15) is 13.3 Å². The molecule has 3 heteroatoms. The van der Waals surface area contributed by atoms with Gasteiger partial charge in [-0.2, -0.15) is 0 Å². The van der Waals surface area contributed by atoms with Crippen molar-refractivity contribution in [2.45, 2.75) is 19.4 Å². The average Bonchev–Trinajstić information content (AvgIpc) is 2.89. The summed E-state index contributed by atoms with van der Waals surface area (Å²) in [5.74, 6) is 1.60. The summed E-state index contributed by atoms with van der Waals surface area (Å²) in [5.41, 5.74) is 0. The van der Waals surface area contributed by atoms with Crippen molar-refractivity contribution < 1.29 is 9.47 Å². The van der Waals surface area contributed by atoms with E-state index in [1.54, 1.807) is 0 Å². The Kier molecular flexibility index (Phi) is 4.83. The number of hydrogen-bond acceptors (Lipinski definition) is 3. The number of benzene rings is 1. The average molecular weight is 235 g/mol. The third-order valence-corrected chi connectivity index (χ3v) is 3.25. The molecule has 1 heterocycles. The van der Waals surface area contributed by atoms with Gasteiger partial charge >= 0.3 is 0 Å². The van der Waals surface area contributed by atoms with Gasteiger partial charge in [0.1, 0.15) is 12.4 Å². The molecule has 2 atom stereocenters. The smallest absolute Gasteiger partial charge is 0.119 e. The number of nitrogens with one attached hydrogen (secondary N) is 1. The van der Waals surface area contributed by atoms with Crippen LogP contribution in [0.25, 0.3) is 0 Å². The van der Waals surface area contributed by atoms with E-state index < -0.39 is 0 Å². The Balaban J connectivity index is 1.59. The summed E-state index contributed by atoms with van der Waals surface area (Å²) in [7, 11) is 0. The number of rotatable bonds is 6. The molecule has 3 nitrogen and oxygen atoms in total. The van der Waals surface area contributed by atoms with Crippen LogP contribution >= 0.6 is 0 Å². The summed E-state index contributed by atoms with van der Waals surface area (Å²) in [6, 6.07) is 10.4. The summed E-state index contributed by atoms with van der Waals surface area (Å²) in [5, 5.41) is 3.49. The standard InChI is InChI=1S/C14H21NO2/c1-12(13-7-9-16-11-13)15-8-10-17-14-5-3-2-4-6-14/h2-6,12-13,15H,7-11H2,1H3. The molecule has 0 saturated carbocycles. The first-order valence-corrected chi connectivity index (χ1v) is 6.35. The Hall–Kier alpha value is -1.06. The lowest BCUT2D eigenvalue weighted by Crippen LogP contribution is -2.36. The summed E-state index contributed by atoms with van der Waals surface area (Å²) >= 11 is 0. The molecule has 1 aromatic rings. The van der Waals surface area contributed by atoms with E-state index >= 15 is 0 Å². The van der Waals surface area contributed by atoms with Crippen molar-refractivity contribution >= 4 is 0 Å². The molecule has 0 amide bonds. The molecule has 1 saturated heterocycles. The largest absolute Gasteiger partial charge is 0.492 e. The van der Waals surface area contributed by atoms with Crippen LogP contribution in [0, 0.1) is 5.92 Å². The molecule has 2 rings (SSSR count). The maximum Gasteiger partial charge on any atom is 0.119 e. The zero-order valence-electron chi connectivity index (χ0n) is 10.4. The molecule has 1 aliphatic rings. The fourth-order valence-electron chi connectivity index (χ4n) is 2.09. The third-order valence-electron chi connectivity index (χ3n) is 3.25. The molecular formula is C14H21NO2. The predicted octanol–water partition coefficient (Wildman–Crippen LogP) is 2.08. The molecule has 0 aliphatic carbocycles. The number of ether oxygens (including phenoxy) is 2. The maximum atomic E-state index is 5.63. The van der Waals surface area contributed by atoms with E-state index in [1.165, 1.54) is 6.42 Å². The van der Waals surface area contributed by atoms with Crippen molar-refractivity contribution in [3.8, 4) is 5.75 Å². The highest BCUT2D eigenvalue weighted by atomic mass is 16.5. The highest BCUT2D eigenvalue weighted by Gasteiger charge is 2.21. The molecule has 94 valence electrons. The Morgan fingerprint density at radius 3 is 2.94 bits per heavy atom. The predicted molar refractivity (Wildman–Crippen MR) is 68.3 cm³/mol. The van der Waals surface area contributed by atoms with Crippen molar-refractivity contribution in [1.29, 1.82) is 0 Å². The van der Waals surface area contributed by atoms with Crippen molar-refractivity contribution in [3.63, 3.8) is 0 Å². The minimum atomic E-state index is 0.511. The van der Waals surface area contributed by atoms with E-state index in [1.807, 2.05) is 30.3 Å². The normalized spacial score (nSPS) is 21.4. The first-order chi connectivity index (χ1) is 8.36. The fraction of sp³-hybridized carbons (Fsp3) is 0.571. The number of para-hydroxylation sites is 1. The second-order valence-corrected chi connectivity index (χ2v) is 4.53. The Bertz CT molecular complexity index is 309. The van der Waals surface area contributed by atoms with Crippen LogP contribution in [0.4, 0.5) is 0 Å². The van der Waals surface area contributed by atoms with Crippen LogP contribution in [0.15, 0.2) is 30.3 Å². The second kappa shape index (κ2) is 6.62. The maximum absolute atomic E-state index is 5.63. The van der Waals surface area contributed by atoms with Crippen molar-refractivity contribution in [2.75, 3.05) is 26.4 Å². The summed E-state index contributed by atoms with van der Waals surface area (Å²) in [6.45, 7) is 5.63. The third kappa shape index (κ3) is 4.02. The van der Waals surface area contributed by atoms with Crippen LogP contribution in [0.3, 0.4) is 0 Å². The van der Waals surface area contributed by atoms with Gasteiger partial charge in [-0.1, -0.05) is 18.2 Å². The summed E-state index contributed by atoms with van der Waals surface area (Å²) in [4.78, 5) is 0. The van der Waals surface area contributed by atoms with E-state index in [9.17, 15) is 0 Å². The van der Waals surface area contributed by atoms with Gasteiger partial charge in [0.15, 0.2) is 0 Å². The lowest BCUT2D eigenvalue weighted by molar-refractivity contribution is 0.177. The van der Waals surface area contributed by atoms with E-state index in [0.717, 1.165) is 25.5 Å². The van der Waals surface area contributed by atoms with Crippen LogP contribution in [-0.4, -0.2) is 32.4 Å². The van der Waals surface area contributed by atoms with Crippen molar-refractivity contribution in [3.05, 3.63) is 30.3 Å². The second-order valence-electron chi connectivity index (χ2n) is 4.53. The Morgan fingerprint density at radius 2 is 2.24 bits per heavy atom. The van der Waals surface area contributed by atoms with E-state index in [0.29, 0.717) is 18.6 Å². The van der Waals surface area contributed by atoms with Crippen molar-refractivity contribution in [2.24, 2.45) is 5.92 Å². The first kappa shape index (κ1) is 12.4. The van der Waals surface area contributed by atoms with Crippen LogP contribution in [0.2, 0.25) is 0 Å². The Labute approximate surface area is 103 Å². The fourth-order valence-corrected chi connectivity index (χ4v) is 2.09. The molecule has 0 aromatic heterocycles. The first-order valence-electron chi connectivity index (χ1n) is 6.35. The van der Waals surface area contributed by atoms with E-state index in [-0.39, 0.29) is 0 Å². The van der Waals surface area contributed by atoms with Gasteiger partial charge in [-0.25, -0.2) is 0 Å². The molecule has 0 bridgehead atoms. The molecule has 0 radical (unpaired) electrons. The molecule has 17 heavy (non-hydrogen) atoms. The highest BCUT2D eigenvalue weighted by Crippen LogP contribution is 2.16. The lowest BCUT2D eigenvalue weighted by atomic mass is 10.0. The van der Waals surface area contributed by atoms with Crippen molar-refractivity contribution in [1.82, 2.24) is 5.32 Å². The Morgan fingerprint density at radius 1 is 1.41 bits per heavy atom. The van der Waals surface area contributed by atoms with E-state index in [2.05, 4.69) is 12.2 Å². The van der Waals surface area contributed by atoms with Gasteiger partial charge < -0.3 is 14.8 Å². The zero-order chi connectivity index (χ0) is 11.9. The molecule has 2 unspecified atom stereocenters. The molecular weight excluding hydrogens is 214 g/mol. The van der Waals surface area contributed by atoms with Gasteiger partial charge in [0, 0.05) is 19.2 Å². The van der Waals surface area contributed by atoms with Crippen LogP contribution < -0.4 is 10.1 Å². The monoisotopic (exact) mass is 235 g/mol. The van der Waals surface area contributed by atoms with Gasteiger partial charge in [0.05, 0.1) is 6.61 Å². The van der Waals surface area contributed by atoms with E-state index in [4.69, 9.17) is 9.47 Å². The van der Waals surface area contributed by atoms with Gasteiger partial charge in [-0.05, 0) is 31.4 Å². The quantitative estimate of drug-likeness (QED) is 0.766. The molecule has 0 spiro atoms. The topological polar surface area (TPSA) is 30.5 Å². The lowest BCUT2D eigenvalue weighted by Gasteiger charge is -2.19.